The Bertz CT molecular complexity index is 1020. The van der Waals surface area contributed by atoms with Crippen molar-refractivity contribution in [2.75, 3.05) is 23.5 Å². The maximum atomic E-state index is 13.5. The Balaban J connectivity index is 1.79. The smallest absolute Gasteiger partial charge is 0.420 e. The molecule has 1 aliphatic heterocycles. The van der Waals surface area contributed by atoms with E-state index in [1.54, 1.807) is 36.7 Å². The van der Waals surface area contributed by atoms with Gasteiger partial charge in [0.25, 0.3) is 0 Å². The van der Waals surface area contributed by atoms with Crippen molar-refractivity contribution in [3.63, 3.8) is 0 Å². The molecule has 0 unspecified atom stereocenters. The number of fused-ring (bicyclic) bond motifs is 1. The average molecular weight is 414 g/mol. The lowest BCUT2D eigenvalue weighted by molar-refractivity contribution is -0.138. The van der Waals surface area contributed by atoms with Crippen LogP contribution < -0.4 is 14.5 Å². The summed E-state index contributed by atoms with van der Waals surface area (Å²) in [6.45, 7) is 0.246. The van der Waals surface area contributed by atoms with E-state index in [0.717, 1.165) is 6.07 Å². The lowest BCUT2D eigenvalue weighted by Crippen LogP contribution is -2.40. The minimum absolute atomic E-state index is 0.214. The van der Waals surface area contributed by atoms with E-state index in [0.29, 0.717) is 23.4 Å². The molecule has 0 radical (unpaired) electrons. The molecule has 1 aliphatic rings. The van der Waals surface area contributed by atoms with Gasteiger partial charge in [-0.15, -0.1) is 0 Å². The van der Waals surface area contributed by atoms with E-state index < -0.39 is 17.8 Å². The number of urea groups is 1. The van der Waals surface area contributed by atoms with Crippen LogP contribution in [0.4, 0.5) is 35.0 Å². The number of alkyl halides is 3. The monoisotopic (exact) mass is 414 g/mol. The highest BCUT2D eigenvalue weighted by atomic mass is 19.4. The summed E-state index contributed by atoms with van der Waals surface area (Å²) in [7, 11) is 1.20. The highest BCUT2D eigenvalue weighted by Crippen LogP contribution is 2.43. The van der Waals surface area contributed by atoms with Crippen LogP contribution in [0.5, 0.6) is 5.75 Å². The molecule has 0 fully saturated rings. The fourth-order valence-electron chi connectivity index (χ4n) is 3.47. The summed E-state index contributed by atoms with van der Waals surface area (Å²) in [5.74, 6) is -0.257. The molecular weight excluding hydrogens is 397 g/mol. The average Bonchev–Trinajstić information content (AvgIpc) is 3.17. The molecule has 4 rings (SSSR count). The largest absolute Gasteiger partial charge is 0.496 e. The van der Waals surface area contributed by atoms with Gasteiger partial charge in [0.2, 0.25) is 0 Å². The number of aromatic nitrogens is 2. The van der Waals surface area contributed by atoms with Crippen molar-refractivity contribution in [3.8, 4) is 5.75 Å². The molecular formula is C21H17F3N4O2. The number of hydrogen-bond donors (Lipinski definition) is 0. The Labute approximate surface area is 170 Å². The maximum Gasteiger partial charge on any atom is 0.420 e. The van der Waals surface area contributed by atoms with E-state index in [1.807, 2.05) is 0 Å². The number of benzene rings is 1. The molecule has 2 aromatic heterocycles. The normalized spacial score (nSPS) is 13.1. The number of carbonyl (C=O) groups is 1. The molecule has 0 aliphatic carbocycles. The summed E-state index contributed by atoms with van der Waals surface area (Å²) in [5.41, 5.74) is 0.871. The highest BCUT2D eigenvalue weighted by Gasteiger charge is 2.38. The lowest BCUT2D eigenvalue weighted by Gasteiger charge is -2.28. The van der Waals surface area contributed by atoms with Gasteiger partial charge in [0.15, 0.2) is 0 Å². The predicted molar refractivity (Wildman–Crippen MR) is 105 cm³/mol. The summed E-state index contributed by atoms with van der Waals surface area (Å²) in [6.07, 6.45) is 1.98. The Kier molecular flexibility index (Phi) is 5.03. The van der Waals surface area contributed by atoms with Crippen LogP contribution in [-0.2, 0) is 12.6 Å². The highest BCUT2D eigenvalue weighted by molar-refractivity contribution is 6.09. The van der Waals surface area contributed by atoms with Gasteiger partial charge in [-0.3, -0.25) is 19.8 Å². The minimum Gasteiger partial charge on any atom is -0.496 e. The molecule has 3 heterocycles. The van der Waals surface area contributed by atoms with Gasteiger partial charge in [-0.1, -0.05) is 0 Å². The van der Waals surface area contributed by atoms with Crippen LogP contribution >= 0.6 is 0 Å². The van der Waals surface area contributed by atoms with E-state index in [9.17, 15) is 18.0 Å². The molecule has 2 amide bonds. The number of rotatable bonds is 3. The topological polar surface area (TPSA) is 58.6 Å². The number of carbonyl (C=O) groups excluding carboxylic acids is 1. The van der Waals surface area contributed by atoms with Crippen LogP contribution in [0.3, 0.4) is 0 Å². The van der Waals surface area contributed by atoms with Crippen molar-refractivity contribution in [1.82, 2.24) is 9.97 Å². The second kappa shape index (κ2) is 7.66. The number of amides is 2. The predicted octanol–water partition coefficient (Wildman–Crippen LogP) is 4.82. The molecule has 0 atom stereocenters. The van der Waals surface area contributed by atoms with Gasteiger partial charge < -0.3 is 4.74 Å². The molecule has 6 nitrogen and oxygen atoms in total. The standard InChI is InChI=1S/C21H17F3N4O2/c1-30-19-10-14-6-9-27(18(14)11-17(19)21(22,23)24)20(29)28(15-4-2-7-25-12-15)16-5-3-8-26-13-16/h2-5,7-8,10-13H,6,9H2,1H3. The first kappa shape index (κ1) is 19.7. The first-order chi connectivity index (χ1) is 14.4. The zero-order chi connectivity index (χ0) is 21.3. The summed E-state index contributed by atoms with van der Waals surface area (Å²) in [4.78, 5) is 24.3. The van der Waals surface area contributed by atoms with Crippen molar-refractivity contribution < 1.29 is 22.7 Å². The Morgan fingerprint density at radius 3 is 2.23 bits per heavy atom. The first-order valence-corrected chi connectivity index (χ1v) is 9.10. The molecule has 0 saturated heterocycles. The number of anilines is 3. The van der Waals surface area contributed by atoms with E-state index in [1.165, 1.54) is 35.4 Å². The number of hydrogen-bond acceptors (Lipinski definition) is 4. The number of halogens is 3. The molecule has 30 heavy (non-hydrogen) atoms. The van der Waals surface area contributed by atoms with Crippen LogP contribution in [0.25, 0.3) is 0 Å². The fourth-order valence-corrected chi connectivity index (χ4v) is 3.47. The number of methoxy groups -OCH3 is 1. The van der Waals surface area contributed by atoms with Crippen LogP contribution in [0, 0.1) is 0 Å². The van der Waals surface area contributed by atoms with Crippen LogP contribution in [0.2, 0.25) is 0 Å². The Hall–Kier alpha value is -3.62. The molecule has 3 aromatic rings. The third-order valence-electron chi connectivity index (χ3n) is 4.83. The molecule has 0 N–H and O–H groups in total. The Morgan fingerprint density at radius 1 is 1.10 bits per heavy atom. The van der Waals surface area contributed by atoms with E-state index in [-0.39, 0.29) is 18.0 Å². The first-order valence-electron chi connectivity index (χ1n) is 9.10. The lowest BCUT2D eigenvalue weighted by atomic mass is 10.1. The van der Waals surface area contributed by atoms with Crippen molar-refractivity contribution in [2.24, 2.45) is 0 Å². The van der Waals surface area contributed by atoms with Crippen LogP contribution in [-0.4, -0.2) is 29.7 Å². The molecule has 0 bridgehead atoms. The number of ether oxygens (including phenoxy) is 1. The van der Waals surface area contributed by atoms with Crippen LogP contribution in [0.1, 0.15) is 11.1 Å². The van der Waals surface area contributed by atoms with Gasteiger partial charge in [-0.2, -0.15) is 13.2 Å². The van der Waals surface area contributed by atoms with E-state index >= 15 is 0 Å². The molecule has 9 heteroatoms. The SMILES string of the molecule is COc1cc2c(cc1C(F)(F)F)N(C(=O)N(c1cccnc1)c1cccnc1)CC2. The second-order valence-corrected chi connectivity index (χ2v) is 6.62. The van der Waals surface area contributed by atoms with E-state index in [4.69, 9.17) is 4.74 Å². The summed E-state index contributed by atoms with van der Waals surface area (Å²) in [6, 6.07) is 8.59. The van der Waals surface area contributed by atoms with Gasteiger partial charge in [-0.05, 0) is 48.4 Å². The quantitative estimate of drug-likeness (QED) is 0.616. The van der Waals surface area contributed by atoms with Crippen molar-refractivity contribution in [3.05, 3.63) is 72.3 Å². The van der Waals surface area contributed by atoms with Gasteiger partial charge in [0, 0.05) is 24.6 Å². The summed E-state index contributed by atoms with van der Waals surface area (Å²) in [5, 5.41) is 0. The number of pyridine rings is 2. The fraction of sp³-hybridized carbons (Fsp3) is 0.190. The third-order valence-corrected chi connectivity index (χ3v) is 4.83. The second-order valence-electron chi connectivity index (χ2n) is 6.62. The van der Waals surface area contributed by atoms with Crippen molar-refractivity contribution in [1.29, 1.82) is 0 Å². The molecule has 0 spiro atoms. The number of nitrogens with zero attached hydrogens (tertiary/aromatic N) is 4. The zero-order valence-electron chi connectivity index (χ0n) is 15.9. The molecule has 154 valence electrons. The van der Waals surface area contributed by atoms with Crippen molar-refractivity contribution >= 4 is 23.1 Å². The summed E-state index contributed by atoms with van der Waals surface area (Å²) < 4.78 is 45.5. The maximum absolute atomic E-state index is 13.5. The minimum atomic E-state index is -4.61. The molecule has 1 aromatic carbocycles. The Morgan fingerprint density at radius 2 is 1.73 bits per heavy atom. The van der Waals surface area contributed by atoms with Gasteiger partial charge >= 0.3 is 12.2 Å². The van der Waals surface area contributed by atoms with Gasteiger partial charge in [0.1, 0.15) is 5.75 Å². The van der Waals surface area contributed by atoms with Gasteiger partial charge in [-0.25, -0.2) is 4.79 Å². The van der Waals surface area contributed by atoms with E-state index in [2.05, 4.69) is 9.97 Å². The molecule has 0 saturated carbocycles. The third kappa shape index (κ3) is 3.54. The summed E-state index contributed by atoms with van der Waals surface area (Å²) >= 11 is 0. The van der Waals surface area contributed by atoms with Crippen LogP contribution in [0.15, 0.2) is 61.2 Å². The van der Waals surface area contributed by atoms with Crippen molar-refractivity contribution in [2.45, 2.75) is 12.6 Å². The van der Waals surface area contributed by atoms with Gasteiger partial charge in [0.05, 0.1) is 36.4 Å². The zero-order valence-corrected chi connectivity index (χ0v) is 15.9.